The third kappa shape index (κ3) is 3.59. The SMILES string of the molecule is CC1(O)CCCN(c2cc(Cl)ccc2C(N)=S)CC1. The van der Waals surface area contributed by atoms with Crippen molar-refractivity contribution in [3.63, 3.8) is 0 Å². The summed E-state index contributed by atoms with van der Waals surface area (Å²) >= 11 is 11.2. The lowest BCUT2D eigenvalue weighted by atomic mass is 9.98. The minimum absolute atomic E-state index is 0.377. The molecule has 2 rings (SSSR count). The Bertz CT molecular complexity index is 490. The molecular formula is C14H19ClN2OS. The monoisotopic (exact) mass is 298 g/mol. The minimum Gasteiger partial charge on any atom is -0.390 e. The minimum atomic E-state index is -0.587. The van der Waals surface area contributed by atoms with Crippen molar-refractivity contribution >= 4 is 34.5 Å². The molecule has 0 aromatic heterocycles. The molecule has 19 heavy (non-hydrogen) atoms. The van der Waals surface area contributed by atoms with Crippen LogP contribution in [0.25, 0.3) is 0 Å². The number of thiocarbonyl (C=S) groups is 1. The smallest absolute Gasteiger partial charge is 0.106 e. The van der Waals surface area contributed by atoms with Gasteiger partial charge >= 0.3 is 0 Å². The second kappa shape index (κ2) is 5.65. The van der Waals surface area contributed by atoms with Crippen molar-refractivity contribution in [1.29, 1.82) is 0 Å². The molecule has 3 nitrogen and oxygen atoms in total. The topological polar surface area (TPSA) is 49.5 Å². The highest BCUT2D eigenvalue weighted by Gasteiger charge is 2.26. The van der Waals surface area contributed by atoms with Crippen LogP contribution in [0, 0.1) is 0 Å². The molecule has 1 unspecified atom stereocenters. The van der Waals surface area contributed by atoms with Gasteiger partial charge in [0, 0.05) is 29.4 Å². The van der Waals surface area contributed by atoms with Crippen LogP contribution < -0.4 is 10.6 Å². The highest BCUT2D eigenvalue weighted by Crippen LogP contribution is 2.29. The van der Waals surface area contributed by atoms with Crippen LogP contribution in [0.3, 0.4) is 0 Å². The van der Waals surface area contributed by atoms with E-state index in [-0.39, 0.29) is 0 Å². The van der Waals surface area contributed by atoms with E-state index < -0.39 is 5.60 Å². The van der Waals surface area contributed by atoms with Gasteiger partial charge in [0.1, 0.15) is 4.99 Å². The number of rotatable bonds is 2. The number of halogens is 1. The van der Waals surface area contributed by atoms with Crippen LogP contribution in [0.1, 0.15) is 31.7 Å². The first-order valence-corrected chi connectivity index (χ1v) is 7.24. The summed E-state index contributed by atoms with van der Waals surface area (Å²) in [7, 11) is 0. The van der Waals surface area contributed by atoms with Crippen LogP contribution >= 0.6 is 23.8 Å². The van der Waals surface area contributed by atoms with Crippen molar-refractivity contribution in [3.8, 4) is 0 Å². The van der Waals surface area contributed by atoms with Gasteiger partial charge in [-0.2, -0.15) is 0 Å². The summed E-state index contributed by atoms with van der Waals surface area (Å²) < 4.78 is 0. The van der Waals surface area contributed by atoms with Crippen LogP contribution in [0.15, 0.2) is 18.2 Å². The van der Waals surface area contributed by atoms with Gasteiger partial charge in [0.2, 0.25) is 0 Å². The van der Waals surface area contributed by atoms with Crippen molar-refractivity contribution in [1.82, 2.24) is 0 Å². The first-order chi connectivity index (χ1) is 8.89. The molecule has 0 aliphatic carbocycles. The maximum absolute atomic E-state index is 10.1. The first kappa shape index (κ1) is 14.6. The Labute approximate surface area is 124 Å². The Balaban J connectivity index is 2.30. The van der Waals surface area contributed by atoms with Gasteiger partial charge < -0.3 is 15.7 Å². The normalized spacial score (nSPS) is 24.1. The summed E-state index contributed by atoms with van der Waals surface area (Å²) in [5.41, 5.74) is 7.01. The lowest BCUT2D eigenvalue weighted by Gasteiger charge is -2.26. The lowest BCUT2D eigenvalue weighted by molar-refractivity contribution is 0.0481. The van der Waals surface area contributed by atoms with Gasteiger partial charge in [0.25, 0.3) is 0 Å². The van der Waals surface area contributed by atoms with Gasteiger partial charge in [0.05, 0.1) is 5.60 Å². The van der Waals surface area contributed by atoms with Crippen LogP contribution in [-0.2, 0) is 0 Å². The number of hydrogen-bond acceptors (Lipinski definition) is 3. The quantitative estimate of drug-likeness (QED) is 0.824. The van der Waals surface area contributed by atoms with E-state index in [2.05, 4.69) is 4.90 Å². The molecule has 0 amide bonds. The number of benzene rings is 1. The van der Waals surface area contributed by atoms with Crippen molar-refractivity contribution < 1.29 is 5.11 Å². The molecular weight excluding hydrogens is 280 g/mol. The molecule has 104 valence electrons. The fraction of sp³-hybridized carbons (Fsp3) is 0.500. The second-order valence-electron chi connectivity index (χ2n) is 5.36. The summed E-state index contributed by atoms with van der Waals surface area (Å²) in [5, 5.41) is 10.8. The molecule has 1 heterocycles. The van der Waals surface area contributed by atoms with Crippen LogP contribution in [0.5, 0.6) is 0 Å². The molecule has 1 aromatic rings. The lowest BCUT2D eigenvalue weighted by Crippen LogP contribution is -2.29. The first-order valence-electron chi connectivity index (χ1n) is 6.46. The Hall–Kier alpha value is -0.840. The predicted molar refractivity (Wildman–Crippen MR) is 84.0 cm³/mol. The maximum Gasteiger partial charge on any atom is 0.106 e. The summed E-state index contributed by atoms with van der Waals surface area (Å²) in [6.45, 7) is 3.55. The van der Waals surface area contributed by atoms with E-state index in [1.54, 1.807) is 6.07 Å². The molecule has 0 spiro atoms. The van der Waals surface area contributed by atoms with Gasteiger partial charge in [0.15, 0.2) is 0 Å². The Kier molecular flexibility index (Phi) is 4.33. The number of nitrogens with two attached hydrogens (primary N) is 1. The third-order valence-electron chi connectivity index (χ3n) is 3.63. The average Bonchev–Trinajstić information content (AvgIpc) is 2.49. The van der Waals surface area contributed by atoms with Crippen molar-refractivity contribution in [3.05, 3.63) is 28.8 Å². The van der Waals surface area contributed by atoms with Crippen molar-refractivity contribution in [2.24, 2.45) is 5.73 Å². The van der Waals surface area contributed by atoms with E-state index in [4.69, 9.17) is 29.6 Å². The average molecular weight is 299 g/mol. The molecule has 1 aliphatic heterocycles. The fourth-order valence-corrected chi connectivity index (χ4v) is 2.82. The standard InChI is InChI=1S/C14H19ClN2OS/c1-14(18)5-2-7-17(8-6-14)12-9-10(15)3-4-11(12)13(16)19/h3-4,9,18H,2,5-8H2,1H3,(H2,16,19). The molecule has 1 saturated heterocycles. The molecule has 3 N–H and O–H groups in total. The summed E-state index contributed by atoms with van der Waals surface area (Å²) in [6.07, 6.45) is 2.49. The van der Waals surface area contributed by atoms with Gasteiger partial charge in [-0.15, -0.1) is 0 Å². The Morgan fingerprint density at radius 2 is 2.16 bits per heavy atom. The number of hydrogen-bond donors (Lipinski definition) is 2. The zero-order valence-corrected chi connectivity index (χ0v) is 12.6. The Morgan fingerprint density at radius 1 is 1.42 bits per heavy atom. The third-order valence-corrected chi connectivity index (χ3v) is 4.08. The van der Waals surface area contributed by atoms with Crippen LogP contribution in [0.4, 0.5) is 5.69 Å². The second-order valence-corrected chi connectivity index (χ2v) is 6.24. The summed E-state index contributed by atoms with van der Waals surface area (Å²) in [5.74, 6) is 0. The molecule has 1 atom stereocenters. The van der Waals surface area contributed by atoms with E-state index in [0.717, 1.165) is 43.6 Å². The maximum atomic E-state index is 10.1. The van der Waals surface area contributed by atoms with E-state index in [1.165, 1.54) is 0 Å². The summed E-state index contributed by atoms with van der Waals surface area (Å²) in [6, 6.07) is 5.56. The molecule has 5 heteroatoms. The summed E-state index contributed by atoms with van der Waals surface area (Å²) in [4.78, 5) is 2.59. The van der Waals surface area contributed by atoms with Gasteiger partial charge in [-0.3, -0.25) is 0 Å². The zero-order chi connectivity index (χ0) is 14.0. The van der Waals surface area contributed by atoms with Crippen LogP contribution in [-0.4, -0.2) is 28.8 Å². The molecule has 0 saturated carbocycles. The molecule has 1 aromatic carbocycles. The number of anilines is 1. The van der Waals surface area contributed by atoms with E-state index >= 15 is 0 Å². The van der Waals surface area contributed by atoms with E-state index in [0.29, 0.717) is 10.0 Å². The van der Waals surface area contributed by atoms with E-state index in [9.17, 15) is 5.11 Å². The molecule has 1 aliphatic rings. The van der Waals surface area contributed by atoms with Crippen molar-refractivity contribution in [2.45, 2.75) is 31.8 Å². The fourth-order valence-electron chi connectivity index (χ4n) is 2.48. The van der Waals surface area contributed by atoms with Crippen LogP contribution in [0.2, 0.25) is 5.02 Å². The zero-order valence-electron chi connectivity index (χ0n) is 11.0. The number of aliphatic hydroxyl groups is 1. The highest BCUT2D eigenvalue weighted by atomic mass is 35.5. The molecule has 0 bridgehead atoms. The van der Waals surface area contributed by atoms with Crippen molar-refractivity contribution in [2.75, 3.05) is 18.0 Å². The Morgan fingerprint density at radius 3 is 2.84 bits per heavy atom. The molecule has 1 fully saturated rings. The van der Waals surface area contributed by atoms with Gasteiger partial charge in [-0.1, -0.05) is 23.8 Å². The van der Waals surface area contributed by atoms with Gasteiger partial charge in [-0.25, -0.2) is 0 Å². The predicted octanol–water partition coefficient (Wildman–Crippen LogP) is 2.72. The van der Waals surface area contributed by atoms with Gasteiger partial charge in [-0.05, 0) is 44.4 Å². The largest absolute Gasteiger partial charge is 0.390 e. The number of nitrogens with zero attached hydrogens (tertiary/aromatic N) is 1. The van der Waals surface area contributed by atoms with E-state index in [1.807, 2.05) is 19.1 Å². The molecule has 0 radical (unpaired) electrons. The highest BCUT2D eigenvalue weighted by molar-refractivity contribution is 7.80.